The van der Waals surface area contributed by atoms with Gasteiger partial charge in [-0.15, -0.1) is 0 Å². The van der Waals surface area contributed by atoms with Crippen LogP contribution < -0.4 is 0 Å². The lowest BCUT2D eigenvalue weighted by molar-refractivity contribution is -0.155. The van der Waals surface area contributed by atoms with Gasteiger partial charge in [-0.3, -0.25) is 14.6 Å². The van der Waals surface area contributed by atoms with Gasteiger partial charge in [-0.1, -0.05) is 66.7 Å². The van der Waals surface area contributed by atoms with Gasteiger partial charge in [-0.05, 0) is 36.1 Å². The topological polar surface area (TPSA) is 59.5 Å². The van der Waals surface area contributed by atoms with Crippen molar-refractivity contribution >= 4 is 11.9 Å². The smallest absolute Gasteiger partial charge is 0.311 e. The second kappa shape index (κ2) is 10.0. The first-order valence-corrected chi connectivity index (χ1v) is 10.7. The summed E-state index contributed by atoms with van der Waals surface area (Å²) < 4.78 is 5.97. The molecule has 158 valence electrons. The molecule has 0 unspecified atom stereocenters. The van der Waals surface area contributed by atoms with Crippen LogP contribution in [0.2, 0.25) is 0 Å². The van der Waals surface area contributed by atoms with Gasteiger partial charge in [0.05, 0.1) is 18.0 Å². The zero-order valence-electron chi connectivity index (χ0n) is 17.4. The Bertz CT molecular complexity index is 953. The van der Waals surface area contributed by atoms with Crippen molar-refractivity contribution in [2.24, 2.45) is 5.92 Å². The summed E-state index contributed by atoms with van der Waals surface area (Å²) in [5, 5.41) is 0. The highest BCUT2D eigenvalue weighted by atomic mass is 16.5. The Morgan fingerprint density at radius 3 is 2.39 bits per heavy atom. The zero-order chi connectivity index (χ0) is 21.5. The molecule has 1 aromatic heterocycles. The molecule has 1 aliphatic heterocycles. The van der Waals surface area contributed by atoms with Crippen LogP contribution in [0.25, 0.3) is 0 Å². The highest BCUT2D eigenvalue weighted by Gasteiger charge is 2.32. The van der Waals surface area contributed by atoms with E-state index < -0.39 is 6.10 Å². The van der Waals surface area contributed by atoms with E-state index in [1.54, 1.807) is 11.1 Å². The molecule has 4 rings (SSSR count). The fourth-order valence-corrected chi connectivity index (χ4v) is 3.95. The van der Waals surface area contributed by atoms with Gasteiger partial charge < -0.3 is 9.64 Å². The number of pyridine rings is 1. The average molecular weight is 415 g/mol. The molecule has 0 saturated carbocycles. The normalized spacial score (nSPS) is 17.0. The lowest BCUT2D eigenvalue weighted by atomic mass is 9.97. The molecule has 0 radical (unpaired) electrons. The van der Waals surface area contributed by atoms with Gasteiger partial charge in [0.1, 0.15) is 0 Å². The van der Waals surface area contributed by atoms with E-state index in [2.05, 4.69) is 4.98 Å². The standard InChI is InChI=1S/C26H26N2O3/c29-24(18-20-10-3-1-4-11-20)28-17-9-14-22(19-28)26(30)31-25(21-12-5-2-6-13-21)23-15-7-8-16-27-23/h1-8,10-13,15-16,22,25H,9,14,17-19H2/t22-,25-/m0/s1. The molecule has 3 aromatic rings. The van der Waals surface area contributed by atoms with Crippen LogP contribution in [0, 0.1) is 5.92 Å². The van der Waals surface area contributed by atoms with Crippen molar-refractivity contribution < 1.29 is 14.3 Å². The number of carbonyl (C=O) groups excluding carboxylic acids is 2. The van der Waals surface area contributed by atoms with Crippen LogP contribution in [0.3, 0.4) is 0 Å². The molecule has 1 amide bonds. The second-order valence-electron chi connectivity index (χ2n) is 7.82. The van der Waals surface area contributed by atoms with E-state index in [9.17, 15) is 9.59 Å². The molecule has 1 saturated heterocycles. The number of amides is 1. The number of hydrogen-bond acceptors (Lipinski definition) is 4. The Morgan fingerprint density at radius 2 is 1.68 bits per heavy atom. The molecule has 0 aliphatic carbocycles. The van der Waals surface area contributed by atoms with Crippen molar-refractivity contribution in [3.63, 3.8) is 0 Å². The predicted octanol–water partition coefficient (Wildman–Crippen LogP) is 4.20. The molecule has 5 heteroatoms. The average Bonchev–Trinajstić information content (AvgIpc) is 2.84. The number of likely N-dealkylation sites (tertiary alicyclic amines) is 1. The van der Waals surface area contributed by atoms with E-state index in [-0.39, 0.29) is 17.8 Å². The highest BCUT2D eigenvalue weighted by Crippen LogP contribution is 2.27. The SMILES string of the molecule is O=C(O[C@@H](c1ccccc1)c1ccccn1)[C@H]1CCCN(C(=O)Cc2ccccc2)C1. The number of piperidine rings is 1. The molecule has 0 N–H and O–H groups in total. The van der Waals surface area contributed by atoms with E-state index >= 15 is 0 Å². The van der Waals surface area contributed by atoms with Gasteiger partial charge in [0, 0.05) is 19.3 Å². The van der Waals surface area contributed by atoms with Crippen LogP contribution in [-0.4, -0.2) is 34.8 Å². The summed E-state index contributed by atoms with van der Waals surface area (Å²) in [7, 11) is 0. The van der Waals surface area contributed by atoms with Crippen molar-refractivity contribution in [3.8, 4) is 0 Å². The quantitative estimate of drug-likeness (QED) is 0.568. The molecular weight excluding hydrogens is 388 g/mol. The molecule has 0 bridgehead atoms. The molecule has 2 atom stereocenters. The van der Waals surface area contributed by atoms with Crippen molar-refractivity contribution in [1.82, 2.24) is 9.88 Å². The van der Waals surface area contributed by atoms with Crippen molar-refractivity contribution in [1.29, 1.82) is 0 Å². The van der Waals surface area contributed by atoms with E-state index in [0.29, 0.717) is 25.2 Å². The van der Waals surface area contributed by atoms with E-state index in [0.717, 1.165) is 24.0 Å². The first kappa shape index (κ1) is 20.8. The Kier molecular flexibility index (Phi) is 6.72. The molecular formula is C26H26N2O3. The Morgan fingerprint density at radius 1 is 0.968 bits per heavy atom. The number of aromatic nitrogens is 1. The number of rotatable bonds is 6. The molecule has 1 fully saturated rings. The summed E-state index contributed by atoms with van der Waals surface area (Å²) in [5.74, 6) is -0.562. The van der Waals surface area contributed by atoms with Gasteiger partial charge in [-0.2, -0.15) is 0 Å². The number of hydrogen-bond donors (Lipinski definition) is 0. The van der Waals surface area contributed by atoms with Crippen LogP contribution in [0.4, 0.5) is 0 Å². The Labute approximate surface area is 182 Å². The first-order valence-electron chi connectivity index (χ1n) is 10.7. The van der Waals surface area contributed by atoms with Crippen LogP contribution in [0.5, 0.6) is 0 Å². The van der Waals surface area contributed by atoms with E-state index in [1.807, 2.05) is 78.9 Å². The van der Waals surface area contributed by atoms with Crippen molar-refractivity contribution in [2.45, 2.75) is 25.4 Å². The largest absolute Gasteiger partial charge is 0.451 e. The molecule has 31 heavy (non-hydrogen) atoms. The second-order valence-corrected chi connectivity index (χ2v) is 7.82. The summed E-state index contributed by atoms with van der Waals surface area (Å²) in [4.78, 5) is 32.1. The number of benzene rings is 2. The molecule has 0 spiro atoms. The third-order valence-corrected chi connectivity index (χ3v) is 5.60. The fourth-order valence-electron chi connectivity index (χ4n) is 3.95. The minimum atomic E-state index is -0.565. The molecule has 5 nitrogen and oxygen atoms in total. The Hall–Kier alpha value is -3.47. The highest BCUT2D eigenvalue weighted by molar-refractivity contribution is 5.80. The predicted molar refractivity (Wildman–Crippen MR) is 118 cm³/mol. The monoisotopic (exact) mass is 414 g/mol. The van der Waals surface area contributed by atoms with Crippen LogP contribution in [-0.2, 0) is 20.7 Å². The van der Waals surface area contributed by atoms with E-state index in [1.165, 1.54) is 0 Å². The summed E-state index contributed by atoms with van der Waals surface area (Å²) >= 11 is 0. The maximum Gasteiger partial charge on any atom is 0.311 e. The fraction of sp³-hybridized carbons (Fsp3) is 0.269. The minimum Gasteiger partial charge on any atom is -0.451 e. The number of carbonyl (C=O) groups is 2. The zero-order valence-corrected chi connectivity index (χ0v) is 17.4. The van der Waals surface area contributed by atoms with Gasteiger partial charge >= 0.3 is 5.97 Å². The maximum atomic E-state index is 13.1. The summed E-state index contributed by atoms with van der Waals surface area (Å²) in [6.07, 6.45) is 3.00. The lowest BCUT2D eigenvalue weighted by Crippen LogP contribution is -2.43. The summed E-state index contributed by atoms with van der Waals surface area (Å²) in [6.45, 7) is 1.08. The first-order chi connectivity index (χ1) is 15.2. The van der Waals surface area contributed by atoms with E-state index in [4.69, 9.17) is 4.74 Å². The number of ether oxygens (including phenoxy) is 1. The molecule has 2 heterocycles. The van der Waals surface area contributed by atoms with Crippen LogP contribution in [0.15, 0.2) is 85.1 Å². The number of nitrogens with zero attached hydrogens (tertiary/aromatic N) is 2. The van der Waals surface area contributed by atoms with Crippen LogP contribution >= 0.6 is 0 Å². The molecule has 1 aliphatic rings. The van der Waals surface area contributed by atoms with Gasteiger partial charge in [0.2, 0.25) is 5.91 Å². The number of esters is 1. The van der Waals surface area contributed by atoms with Gasteiger partial charge in [0.25, 0.3) is 0 Å². The lowest BCUT2D eigenvalue weighted by Gasteiger charge is -2.32. The van der Waals surface area contributed by atoms with Gasteiger partial charge in [0.15, 0.2) is 6.10 Å². The summed E-state index contributed by atoms with van der Waals surface area (Å²) in [5.41, 5.74) is 2.55. The molecule has 2 aromatic carbocycles. The minimum absolute atomic E-state index is 0.0491. The maximum absolute atomic E-state index is 13.1. The Balaban J connectivity index is 1.44. The van der Waals surface area contributed by atoms with Gasteiger partial charge in [-0.25, -0.2) is 0 Å². The van der Waals surface area contributed by atoms with Crippen molar-refractivity contribution in [2.75, 3.05) is 13.1 Å². The summed E-state index contributed by atoms with van der Waals surface area (Å²) in [6, 6.07) is 24.9. The van der Waals surface area contributed by atoms with Crippen LogP contribution in [0.1, 0.15) is 35.8 Å². The van der Waals surface area contributed by atoms with Crippen molar-refractivity contribution in [3.05, 3.63) is 102 Å². The third kappa shape index (κ3) is 5.37. The third-order valence-electron chi connectivity index (χ3n) is 5.60.